The first-order valence-electron chi connectivity index (χ1n) is 17.3. The number of carboxylic acids is 1. The van der Waals surface area contributed by atoms with Gasteiger partial charge < -0.3 is 25.6 Å². The van der Waals surface area contributed by atoms with Crippen molar-refractivity contribution in [1.82, 2.24) is 5.32 Å². The Bertz CT molecular complexity index is 2460. The van der Waals surface area contributed by atoms with E-state index in [0.717, 1.165) is 41.5 Å². The highest BCUT2D eigenvalue weighted by molar-refractivity contribution is 7.92. The molecule has 0 fully saturated rings. The molecule has 0 spiro atoms. The molecule has 0 saturated heterocycles. The lowest BCUT2D eigenvalue weighted by Crippen LogP contribution is -2.31. The molecule has 6 rings (SSSR count). The number of benzene rings is 4. The molecule has 312 valence electrons. The molecule has 4 aromatic carbocycles. The number of hydrogen-bond acceptors (Lipinski definition) is 9. The topological polar surface area (TPSA) is 203 Å². The number of para-hydroxylation sites is 2. The average Bonchev–Trinajstić information content (AvgIpc) is 3.13. The Morgan fingerprint density at radius 1 is 0.724 bits per heavy atom. The van der Waals surface area contributed by atoms with Gasteiger partial charge in [0.05, 0.1) is 41.1 Å². The van der Waals surface area contributed by atoms with Crippen molar-refractivity contribution in [2.24, 2.45) is 5.73 Å². The van der Waals surface area contributed by atoms with Crippen LogP contribution in [0.1, 0.15) is 59.3 Å². The second kappa shape index (κ2) is 19.8. The monoisotopic (exact) mass is 862 g/mol. The summed E-state index contributed by atoms with van der Waals surface area (Å²) in [7, 11) is -6.91. The summed E-state index contributed by atoms with van der Waals surface area (Å²) in [6, 6.07) is 19.0. The summed E-state index contributed by atoms with van der Waals surface area (Å²) in [6.45, 7) is 6.97. The van der Waals surface area contributed by atoms with Gasteiger partial charge in [-0.05, 0) is 87.4 Å². The van der Waals surface area contributed by atoms with Gasteiger partial charge in [0, 0.05) is 28.3 Å². The van der Waals surface area contributed by atoms with E-state index in [9.17, 15) is 35.2 Å². The van der Waals surface area contributed by atoms with Gasteiger partial charge in [0.15, 0.2) is 0 Å². The standard InChI is InChI=1S/C20H21FN2O4S.C10H15FN2O2S.C10H8O3.ClH/c1-12-8-16(17(21)10-18(12)23-28(3,25)26)13(2)22-20(24)15-9-14-6-4-5-7-19(14)27-11-15;1-6-4-8(7(2)12)9(11)5-10(6)13-16(3,14)15;11-10(12)8-5-7-3-1-2-4-9(7)13-6-8;/h4-10,13,23H,11H2,1-3H3,(H,22,24);4-5,7,13H,12H2,1-3H3;1-5H,6H2,(H,11,12);1H/t13-;7-;;/m11../s1. The Hall–Kier alpha value is -5.49. The smallest absolute Gasteiger partial charge is 0.335 e. The van der Waals surface area contributed by atoms with Crippen molar-refractivity contribution in [3.05, 3.63) is 129 Å². The predicted molar refractivity (Wildman–Crippen MR) is 223 cm³/mol. The minimum Gasteiger partial charge on any atom is -0.488 e. The van der Waals surface area contributed by atoms with Gasteiger partial charge in [-0.25, -0.2) is 30.4 Å². The molecular weight excluding hydrogens is 818 g/mol. The SMILES string of the molecule is Cc1cc([C@@H](C)N)c(F)cc1NS(C)(=O)=O.Cc1cc([C@@H](C)NC(=O)C2=Cc3ccccc3OC2)c(F)cc1NS(C)(=O)=O.Cl.O=C(O)C1=Cc2ccccc2OC1. The van der Waals surface area contributed by atoms with Crippen molar-refractivity contribution < 1.29 is 49.8 Å². The van der Waals surface area contributed by atoms with E-state index < -0.39 is 49.7 Å². The summed E-state index contributed by atoms with van der Waals surface area (Å²) >= 11 is 0. The van der Waals surface area contributed by atoms with Gasteiger partial charge in [-0.15, -0.1) is 12.4 Å². The van der Waals surface area contributed by atoms with Crippen molar-refractivity contribution in [2.45, 2.75) is 39.8 Å². The molecule has 2 aliphatic heterocycles. The van der Waals surface area contributed by atoms with E-state index in [4.69, 9.17) is 20.3 Å². The fraction of sp³-hybridized carbons (Fsp3) is 0.250. The molecule has 1 amide bonds. The van der Waals surface area contributed by atoms with E-state index in [1.165, 1.54) is 6.07 Å². The minimum absolute atomic E-state index is 0. The highest BCUT2D eigenvalue weighted by atomic mass is 35.5. The normalized spacial score (nSPS) is 13.8. The number of halogens is 3. The zero-order valence-electron chi connectivity index (χ0n) is 32.4. The van der Waals surface area contributed by atoms with Crippen LogP contribution in [0, 0.1) is 25.5 Å². The van der Waals surface area contributed by atoms with Crippen LogP contribution >= 0.6 is 12.4 Å². The number of nitrogens with two attached hydrogens (primary N) is 1. The molecule has 0 bridgehead atoms. The summed E-state index contributed by atoms with van der Waals surface area (Å²) in [5.41, 5.74) is 10.2. The van der Waals surface area contributed by atoms with Crippen LogP contribution in [-0.4, -0.2) is 59.5 Å². The zero-order valence-corrected chi connectivity index (χ0v) is 34.9. The lowest BCUT2D eigenvalue weighted by atomic mass is 10.0. The molecule has 18 heteroatoms. The quantitative estimate of drug-likeness (QED) is 0.121. The summed E-state index contributed by atoms with van der Waals surface area (Å²) in [4.78, 5) is 23.2. The summed E-state index contributed by atoms with van der Waals surface area (Å²) < 4.78 is 88.2. The van der Waals surface area contributed by atoms with Gasteiger partial charge in [-0.1, -0.05) is 36.4 Å². The van der Waals surface area contributed by atoms with E-state index in [2.05, 4.69) is 14.8 Å². The number of nitrogens with one attached hydrogen (secondary N) is 3. The fourth-order valence-electron chi connectivity index (χ4n) is 5.56. The molecule has 0 aromatic heterocycles. The number of carbonyl (C=O) groups excluding carboxylic acids is 1. The van der Waals surface area contributed by atoms with Crippen LogP contribution in [-0.2, 0) is 29.6 Å². The van der Waals surface area contributed by atoms with Crippen LogP contribution < -0.4 is 30.0 Å². The van der Waals surface area contributed by atoms with Gasteiger partial charge in [0.25, 0.3) is 5.91 Å². The number of hydrogen-bond donors (Lipinski definition) is 5. The van der Waals surface area contributed by atoms with Crippen molar-refractivity contribution in [3.8, 4) is 11.5 Å². The molecule has 2 aliphatic rings. The van der Waals surface area contributed by atoms with Gasteiger partial charge in [0.1, 0.15) is 36.3 Å². The van der Waals surface area contributed by atoms with Crippen molar-refractivity contribution in [2.75, 3.05) is 35.2 Å². The molecule has 2 heterocycles. The highest BCUT2D eigenvalue weighted by Crippen LogP contribution is 2.29. The van der Waals surface area contributed by atoms with Crippen LogP contribution in [0.3, 0.4) is 0 Å². The number of rotatable bonds is 9. The Morgan fingerprint density at radius 2 is 1.14 bits per heavy atom. The van der Waals surface area contributed by atoms with Crippen molar-refractivity contribution in [3.63, 3.8) is 0 Å². The molecule has 4 aromatic rings. The Labute approximate surface area is 342 Å². The van der Waals surface area contributed by atoms with Crippen molar-refractivity contribution in [1.29, 1.82) is 0 Å². The van der Waals surface area contributed by atoms with Gasteiger partial charge in [-0.2, -0.15) is 0 Å². The number of anilines is 2. The van der Waals surface area contributed by atoms with E-state index >= 15 is 0 Å². The third-order valence-electron chi connectivity index (χ3n) is 8.41. The van der Waals surface area contributed by atoms with E-state index in [1.54, 1.807) is 45.9 Å². The van der Waals surface area contributed by atoms with Gasteiger partial charge >= 0.3 is 5.97 Å². The molecule has 13 nitrogen and oxygen atoms in total. The van der Waals surface area contributed by atoms with E-state index in [0.29, 0.717) is 33.6 Å². The van der Waals surface area contributed by atoms with E-state index in [1.807, 2.05) is 48.5 Å². The Morgan fingerprint density at radius 3 is 1.59 bits per heavy atom. The number of carbonyl (C=O) groups is 2. The molecule has 0 radical (unpaired) electrons. The van der Waals surface area contributed by atoms with Crippen LogP contribution in [0.25, 0.3) is 12.2 Å². The maximum absolute atomic E-state index is 14.5. The molecule has 58 heavy (non-hydrogen) atoms. The first-order valence-corrected chi connectivity index (χ1v) is 21.1. The second-order valence-corrected chi connectivity index (χ2v) is 16.9. The fourth-order valence-corrected chi connectivity index (χ4v) is 6.80. The lowest BCUT2D eigenvalue weighted by molar-refractivity contribution is -0.133. The molecule has 2 atom stereocenters. The van der Waals surface area contributed by atoms with Gasteiger partial charge in [0.2, 0.25) is 20.0 Å². The van der Waals surface area contributed by atoms with E-state index in [-0.39, 0.29) is 48.5 Å². The second-order valence-electron chi connectivity index (χ2n) is 13.4. The van der Waals surface area contributed by atoms with Crippen LogP contribution in [0.4, 0.5) is 20.2 Å². The van der Waals surface area contributed by atoms with Crippen molar-refractivity contribution >= 4 is 67.9 Å². The average molecular weight is 863 g/mol. The van der Waals surface area contributed by atoms with Crippen LogP contribution in [0.5, 0.6) is 11.5 Å². The number of sulfonamides is 2. The molecule has 6 N–H and O–H groups in total. The van der Waals surface area contributed by atoms with Crippen LogP contribution in [0.15, 0.2) is 83.9 Å². The lowest BCUT2D eigenvalue weighted by Gasteiger charge is -2.21. The number of aryl methyl sites for hydroxylation is 2. The molecular formula is C40H45ClF2N4O9S2. The number of fused-ring (bicyclic) bond motifs is 2. The summed E-state index contributed by atoms with van der Waals surface area (Å²) in [6.07, 6.45) is 5.41. The first-order chi connectivity index (χ1) is 26.6. The number of carboxylic acid groups (broad SMARTS) is 1. The Kier molecular flexibility index (Phi) is 16.0. The maximum atomic E-state index is 14.5. The molecule has 0 unspecified atom stereocenters. The number of amides is 1. The largest absolute Gasteiger partial charge is 0.488 e. The first kappa shape index (κ1) is 46.9. The number of ether oxygens (including phenoxy) is 2. The summed E-state index contributed by atoms with van der Waals surface area (Å²) in [5, 5.41) is 11.5. The predicted octanol–water partition coefficient (Wildman–Crippen LogP) is 6.65. The highest BCUT2D eigenvalue weighted by Gasteiger charge is 2.22. The minimum atomic E-state index is -3.52. The van der Waals surface area contributed by atoms with Gasteiger partial charge in [-0.3, -0.25) is 14.2 Å². The maximum Gasteiger partial charge on any atom is 0.335 e. The van der Waals surface area contributed by atoms with Crippen LogP contribution in [0.2, 0.25) is 0 Å². The third-order valence-corrected chi connectivity index (χ3v) is 9.59. The summed E-state index contributed by atoms with van der Waals surface area (Å²) in [5.74, 6) is -0.933. The zero-order chi connectivity index (χ0) is 42.2. The third kappa shape index (κ3) is 13.3. The molecule has 0 aliphatic carbocycles. The molecule has 0 saturated carbocycles. The Balaban J connectivity index is 0.000000254. The number of aliphatic carboxylic acids is 1.